The summed E-state index contributed by atoms with van der Waals surface area (Å²) in [5, 5.41) is 6.25. The van der Waals surface area contributed by atoms with E-state index in [-0.39, 0.29) is 23.4 Å². The average Bonchev–Trinajstić information content (AvgIpc) is 3.38. The molecule has 0 radical (unpaired) electrons. The summed E-state index contributed by atoms with van der Waals surface area (Å²) in [6, 6.07) is 10.5. The van der Waals surface area contributed by atoms with E-state index in [1.807, 2.05) is 18.3 Å². The Labute approximate surface area is 231 Å². The largest absolute Gasteiger partial charge is 0.497 e. The van der Waals surface area contributed by atoms with Crippen LogP contribution >= 0.6 is 0 Å². The van der Waals surface area contributed by atoms with Crippen LogP contribution in [-0.2, 0) is 11.2 Å². The number of halogens is 1. The number of carbonyl (C=O) groups excluding carboxylic acids is 1. The fourth-order valence-electron chi connectivity index (χ4n) is 5.03. The molecule has 2 fully saturated rings. The first-order valence-electron chi connectivity index (χ1n) is 13.3. The first-order valence-corrected chi connectivity index (χ1v) is 13.3. The van der Waals surface area contributed by atoms with Crippen molar-refractivity contribution in [2.24, 2.45) is 5.92 Å². The Bertz CT molecular complexity index is 1550. The van der Waals surface area contributed by atoms with Gasteiger partial charge in [0, 0.05) is 48.6 Å². The van der Waals surface area contributed by atoms with Gasteiger partial charge in [0.15, 0.2) is 17.2 Å². The molecule has 0 aliphatic carbocycles. The van der Waals surface area contributed by atoms with Crippen LogP contribution in [0.15, 0.2) is 48.8 Å². The van der Waals surface area contributed by atoms with E-state index < -0.39 is 5.82 Å². The highest BCUT2D eigenvalue weighted by Gasteiger charge is 2.28. The maximum Gasteiger partial charge on any atom is 0.220 e. The van der Waals surface area contributed by atoms with Gasteiger partial charge in [-0.3, -0.25) is 14.8 Å². The molecule has 2 aliphatic heterocycles. The topological polar surface area (TPSA) is 114 Å². The number of amides is 1. The first-order chi connectivity index (χ1) is 19.5. The maximum atomic E-state index is 15.6. The van der Waals surface area contributed by atoms with Gasteiger partial charge in [-0.15, -0.1) is 0 Å². The second-order valence-corrected chi connectivity index (χ2v) is 10.1. The Morgan fingerprint density at radius 2 is 1.93 bits per heavy atom. The summed E-state index contributed by atoms with van der Waals surface area (Å²) >= 11 is 0. The standard InChI is InChI=1S/C29H30FN7O3/c1-39-21-10-24(28(30)25(11-21)40-2)37(16-20-5-8-27(38)34-20)26-7-6-22-29(36-26)35-23(15-33-22)18-3-4-19(32-14-18)9-17-12-31-13-17/h3-4,6-7,10-11,14-15,17,20,31H,5,8-9,12-13,16H2,1-2H3,(H,34,38). The van der Waals surface area contributed by atoms with E-state index in [0.717, 1.165) is 30.8 Å². The number of nitrogens with zero attached hydrogens (tertiary/aromatic N) is 5. The van der Waals surface area contributed by atoms with Crippen molar-refractivity contribution in [1.29, 1.82) is 0 Å². The lowest BCUT2D eigenvalue weighted by molar-refractivity contribution is -0.119. The molecule has 1 unspecified atom stereocenters. The van der Waals surface area contributed by atoms with Crippen LogP contribution in [0.3, 0.4) is 0 Å². The van der Waals surface area contributed by atoms with Gasteiger partial charge in [-0.25, -0.2) is 14.4 Å². The fourth-order valence-corrected chi connectivity index (χ4v) is 5.03. The second kappa shape index (κ2) is 11.0. The third-order valence-corrected chi connectivity index (χ3v) is 7.38. The molecule has 2 N–H and O–H groups in total. The smallest absolute Gasteiger partial charge is 0.220 e. The van der Waals surface area contributed by atoms with Crippen molar-refractivity contribution in [3.05, 3.63) is 60.3 Å². The van der Waals surface area contributed by atoms with Gasteiger partial charge in [0.05, 0.1) is 31.8 Å². The fraction of sp³-hybridized carbons (Fsp3) is 0.345. The van der Waals surface area contributed by atoms with Gasteiger partial charge in [0.1, 0.15) is 17.1 Å². The zero-order chi connectivity index (χ0) is 27.6. The van der Waals surface area contributed by atoms with Gasteiger partial charge in [-0.05, 0) is 56.1 Å². The van der Waals surface area contributed by atoms with E-state index in [0.29, 0.717) is 53.7 Å². The molecule has 5 heterocycles. The maximum absolute atomic E-state index is 15.6. The molecule has 206 valence electrons. The predicted molar refractivity (Wildman–Crippen MR) is 148 cm³/mol. The molecule has 1 atom stereocenters. The molecule has 0 saturated carbocycles. The Balaban J connectivity index is 1.36. The summed E-state index contributed by atoms with van der Waals surface area (Å²) in [4.78, 5) is 32.4. The molecular weight excluding hydrogens is 513 g/mol. The van der Waals surface area contributed by atoms with Crippen molar-refractivity contribution < 1.29 is 18.7 Å². The van der Waals surface area contributed by atoms with Crippen LogP contribution in [0.25, 0.3) is 22.4 Å². The van der Waals surface area contributed by atoms with Crippen LogP contribution in [0.2, 0.25) is 0 Å². The second-order valence-electron chi connectivity index (χ2n) is 10.1. The quantitative estimate of drug-likeness (QED) is 0.328. The number of nitrogens with one attached hydrogen (secondary N) is 2. The number of hydrogen-bond donors (Lipinski definition) is 2. The molecule has 1 aromatic carbocycles. The van der Waals surface area contributed by atoms with E-state index in [1.54, 1.807) is 29.3 Å². The summed E-state index contributed by atoms with van der Waals surface area (Å²) < 4.78 is 26.3. The number of anilines is 2. The molecule has 40 heavy (non-hydrogen) atoms. The van der Waals surface area contributed by atoms with Crippen LogP contribution in [0.1, 0.15) is 18.5 Å². The van der Waals surface area contributed by atoms with Crippen molar-refractivity contribution in [2.45, 2.75) is 25.3 Å². The average molecular weight is 544 g/mol. The number of ether oxygens (including phenoxy) is 2. The molecule has 2 aliphatic rings. The third kappa shape index (κ3) is 5.24. The lowest BCUT2D eigenvalue weighted by Gasteiger charge is -2.28. The van der Waals surface area contributed by atoms with Crippen LogP contribution < -0.4 is 25.0 Å². The highest BCUT2D eigenvalue weighted by atomic mass is 19.1. The van der Waals surface area contributed by atoms with E-state index in [4.69, 9.17) is 19.4 Å². The molecular formula is C29H30FN7O3. The third-order valence-electron chi connectivity index (χ3n) is 7.38. The summed E-state index contributed by atoms with van der Waals surface area (Å²) in [6.07, 6.45) is 5.52. The minimum absolute atomic E-state index is 0.0281. The Morgan fingerprint density at radius 1 is 1.05 bits per heavy atom. The van der Waals surface area contributed by atoms with Crippen LogP contribution in [0.4, 0.5) is 15.9 Å². The van der Waals surface area contributed by atoms with Crippen molar-refractivity contribution in [3.8, 4) is 22.8 Å². The number of fused-ring (bicyclic) bond motifs is 1. The molecule has 1 amide bonds. The predicted octanol–water partition coefficient (Wildman–Crippen LogP) is 3.42. The summed E-state index contributed by atoms with van der Waals surface area (Å²) in [5.41, 5.74) is 3.77. The van der Waals surface area contributed by atoms with Crippen LogP contribution in [0.5, 0.6) is 11.5 Å². The number of benzene rings is 1. The summed E-state index contributed by atoms with van der Waals surface area (Å²) in [5.74, 6) is 0.981. The number of methoxy groups -OCH3 is 2. The molecule has 10 nitrogen and oxygen atoms in total. The first kappa shape index (κ1) is 25.9. The Hall–Kier alpha value is -4.38. The molecule has 0 spiro atoms. The minimum Gasteiger partial charge on any atom is -0.497 e. The van der Waals surface area contributed by atoms with Crippen molar-refractivity contribution in [2.75, 3.05) is 38.8 Å². The lowest BCUT2D eigenvalue weighted by Crippen LogP contribution is -2.43. The highest BCUT2D eigenvalue weighted by molar-refractivity contribution is 5.79. The van der Waals surface area contributed by atoms with E-state index in [9.17, 15) is 4.79 Å². The van der Waals surface area contributed by atoms with Gasteiger partial charge in [-0.2, -0.15) is 0 Å². The lowest BCUT2D eigenvalue weighted by atomic mass is 9.97. The Morgan fingerprint density at radius 3 is 2.60 bits per heavy atom. The zero-order valence-electron chi connectivity index (χ0n) is 22.4. The highest BCUT2D eigenvalue weighted by Crippen LogP contribution is 2.37. The Kier molecular flexibility index (Phi) is 7.12. The normalized spacial score (nSPS) is 17.0. The molecule has 6 rings (SSSR count). The van der Waals surface area contributed by atoms with Gasteiger partial charge >= 0.3 is 0 Å². The van der Waals surface area contributed by atoms with Gasteiger partial charge in [0.2, 0.25) is 5.91 Å². The van der Waals surface area contributed by atoms with Crippen molar-refractivity contribution in [3.63, 3.8) is 0 Å². The number of rotatable bonds is 9. The van der Waals surface area contributed by atoms with Crippen molar-refractivity contribution >= 4 is 28.6 Å². The van der Waals surface area contributed by atoms with E-state index in [1.165, 1.54) is 20.3 Å². The number of carbonyl (C=O) groups is 1. The number of pyridine rings is 2. The van der Waals surface area contributed by atoms with Crippen LogP contribution in [0, 0.1) is 11.7 Å². The van der Waals surface area contributed by atoms with E-state index in [2.05, 4.69) is 20.6 Å². The minimum atomic E-state index is -0.557. The zero-order valence-corrected chi connectivity index (χ0v) is 22.4. The van der Waals surface area contributed by atoms with Gasteiger partial charge in [-0.1, -0.05) is 0 Å². The SMILES string of the molecule is COc1cc(OC)c(F)c(N(CC2CCC(=O)N2)c2ccc3ncc(-c4ccc(CC5CNC5)nc4)nc3n2)c1. The summed E-state index contributed by atoms with van der Waals surface area (Å²) in [6.45, 7) is 2.36. The van der Waals surface area contributed by atoms with E-state index >= 15 is 4.39 Å². The number of hydrogen-bond acceptors (Lipinski definition) is 9. The molecule has 0 bridgehead atoms. The summed E-state index contributed by atoms with van der Waals surface area (Å²) in [7, 11) is 2.91. The van der Waals surface area contributed by atoms with Crippen molar-refractivity contribution in [1.82, 2.24) is 30.6 Å². The van der Waals surface area contributed by atoms with Crippen LogP contribution in [-0.4, -0.2) is 65.7 Å². The molecule has 2 saturated heterocycles. The monoisotopic (exact) mass is 543 g/mol. The molecule has 3 aromatic heterocycles. The molecule has 11 heteroatoms. The number of aromatic nitrogens is 4. The van der Waals surface area contributed by atoms with Gasteiger partial charge < -0.3 is 25.0 Å². The van der Waals surface area contributed by atoms with Gasteiger partial charge in [0.25, 0.3) is 0 Å². The molecule has 4 aromatic rings.